The molecule has 2 atom stereocenters. The smallest absolute Gasteiger partial charge is 0.264 e. The number of alkyl halides is 2. The highest BCUT2D eigenvalue weighted by Gasteiger charge is 2.40. The van der Waals surface area contributed by atoms with E-state index < -0.39 is 30.1 Å². The molecular formula is C43H41F4N7O3. The van der Waals surface area contributed by atoms with E-state index in [9.17, 15) is 23.2 Å². The summed E-state index contributed by atoms with van der Waals surface area (Å²) in [5, 5.41) is 15.9. The van der Waals surface area contributed by atoms with E-state index in [1.165, 1.54) is 23.1 Å². The highest BCUT2D eigenvalue weighted by Crippen LogP contribution is 2.37. The lowest BCUT2D eigenvalue weighted by molar-refractivity contribution is -0.136. The Kier molecular flexibility index (Phi) is 10.2. The van der Waals surface area contributed by atoms with Crippen LogP contribution >= 0.6 is 0 Å². The molecule has 2 saturated heterocycles. The van der Waals surface area contributed by atoms with Gasteiger partial charge in [-0.1, -0.05) is 24.3 Å². The summed E-state index contributed by atoms with van der Waals surface area (Å²) in [6.07, 6.45) is 0.764. The Labute approximate surface area is 326 Å². The van der Waals surface area contributed by atoms with Crippen LogP contribution < -0.4 is 10.6 Å². The van der Waals surface area contributed by atoms with Crippen LogP contribution in [0.3, 0.4) is 0 Å². The van der Waals surface area contributed by atoms with E-state index in [1.807, 2.05) is 26.0 Å². The summed E-state index contributed by atoms with van der Waals surface area (Å²) in [5.41, 5.74) is 5.12. The summed E-state index contributed by atoms with van der Waals surface area (Å²) < 4.78 is 58.2. The van der Waals surface area contributed by atoms with E-state index in [4.69, 9.17) is 4.98 Å². The number of benzene rings is 3. The maximum absolute atomic E-state index is 15.5. The van der Waals surface area contributed by atoms with Crippen LogP contribution in [0.4, 0.5) is 23.4 Å². The van der Waals surface area contributed by atoms with Gasteiger partial charge in [0.25, 0.3) is 12.3 Å². The largest absolute Gasteiger partial charge is 0.362 e. The second-order valence-corrected chi connectivity index (χ2v) is 15.3. The Bertz CT molecular complexity index is 2430. The Morgan fingerprint density at radius 3 is 2.44 bits per heavy atom. The molecule has 8 rings (SSSR count). The Balaban J connectivity index is 0.963. The average Bonchev–Trinajstić information content (AvgIpc) is 3.50. The molecule has 3 amide bonds. The molecule has 57 heavy (non-hydrogen) atoms. The minimum absolute atomic E-state index is 0.0164. The van der Waals surface area contributed by atoms with Crippen LogP contribution in [0, 0.1) is 25.5 Å². The van der Waals surface area contributed by atoms with Gasteiger partial charge in [-0.2, -0.15) is 5.10 Å². The molecule has 0 bridgehead atoms. The molecule has 14 heteroatoms. The lowest BCUT2D eigenvalue weighted by atomic mass is 9.87. The number of anilines is 1. The summed E-state index contributed by atoms with van der Waals surface area (Å²) in [5.74, 6) is -1.73. The number of nitrogens with one attached hydrogen (secondary N) is 2. The van der Waals surface area contributed by atoms with Gasteiger partial charge in [0.1, 0.15) is 17.7 Å². The number of imide groups is 1. The quantitative estimate of drug-likeness (QED) is 0.115. The molecule has 5 heterocycles. The molecule has 3 aliphatic rings. The number of pyridine rings is 1. The molecule has 5 aromatic rings. The van der Waals surface area contributed by atoms with Crippen molar-refractivity contribution in [2.24, 2.45) is 0 Å². The standard InChI is InChI=1S/C43H41F4N7O3/c1-22-29(5-4-6-30(22)40(46)47)23(2)49-41-33-18-37(48-19-34(33)24(3)51-52-41)26-7-8-35(44)28(15-26)20-53-13-11-25(12-14-53)31-16-27-21-54(43(57)32(27)17-36(31)45)38-9-10-39(55)50-42(38)56/h4-8,15-19,23,25,38,40H,9-14,20-21H2,1-3H3,(H,49,52)(H,50,55,56)/t23-,38?/m1/s1. The Morgan fingerprint density at radius 2 is 1.68 bits per heavy atom. The third kappa shape index (κ3) is 7.34. The first-order chi connectivity index (χ1) is 27.4. The van der Waals surface area contributed by atoms with Crippen molar-refractivity contribution in [1.29, 1.82) is 0 Å². The van der Waals surface area contributed by atoms with E-state index in [-0.39, 0.29) is 54.2 Å². The first kappa shape index (κ1) is 38.1. The number of fused-ring (bicyclic) bond motifs is 2. The number of carbonyl (C=O) groups excluding carboxylic acids is 3. The summed E-state index contributed by atoms with van der Waals surface area (Å²) in [7, 11) is 0. The van der Waals surface area contributed by atoms with Gasteiger partial charge in [0.2, 0.25) is 11.8 Å². The monoisotopic (exact) mass is 779 g/mol. The van der Waals surface area contributed by atoms with Crippen LogP contribution in [0.15, 0.2) is 60.8 Å². The first-order valence-electron chi connectivity index (χ1n) is 19.1. The summed E-state index contributed by atoms with van der Waals surface area (Å²) >= 11 is 0. The van der Waals surface area contributed by atoms with Crippen molar-refractivity contribution in [3.05, 3.63) is 117 Å². The van der Waals surface area contributed by atoms with Crippen LogP contribution in [0.25, 0.3) is 22.0 Å². The molecule has 10 nitrogen and oxygen atoms in total. The summed E-state index contributed by atoms with van der Waals surface area (Å²) in [6.45, 7) is 7.12. The van der Waals surface area contributed by atoms with Gasteiger partial charge >= 0.3 is 0 Å². The lowest BCUT2D eigenvalue weighted by Gasteiger charge is -2.32. The predicted molar refractivity (Wildman–Crippen MR) is 205 cm³/mol. The number of hydrogen-bond acceptors (Lipinski definition) is 8. The molecule has 0 radical (unpaired) electrons. The fourth-order valence-corrected chi connectivity index (χ4v) is 8.52. The van der Waals surface area contributed by atoms with Gasteiger partial charge in [-0.05, 0) is 112 Å². The number of likely N-dealkylation sites (tertiary alicyclic amines) is 1. The third-order valence-electron chi connectivity index (χ3n) is 11.7. The summed E-state index contributed by atoms with van der Waals surface area (Å²) in [4.78, 5) is 45.5. The van der Waals surface area contributed by atoms with Crippen LogP contribution in [0.5, 0.6) is 0 Å². The molecule has 2 aromatic heterocycles. The number of amides is 3. The van der Waals surface area contributed by atoms with Crippen LogP contribution in [-0.4, -0.2) is 61.8 Å². The van der Waals surface area contributed by atoms with Gasteiger partial charge in [-0.3, -0.25) is 29.6 Å². The molecular weight excluding hydrogens is 739 g/mol. The SMILES string of the molecule is Cc1c(C(F)F)cccc1[C@@H](C)Nc1nnc(C)c2cnc(-c3ccc(F)c(CN4CCC(c5cc6c(cc5F)C(=O)N(C5CCC(=O)NC5=O)C6)CC4)c3)cc12. The van der Waals surface area contributed by atoms with Crippen LogP contribution in [0.2, 0.25) is 0 Å². The Hall–Kier alpha value is -5.76. The van der Waals surface area contributed by atoms with Gasteiger partial charge in [-0.25, -0.2) is 17.6 Å². The molecule has 0 spiro atoms. The van der Waals surface area contributed by atoms with Crippen molar-refractivity contribution in [2.45, 2.75) is 84.0 Å². The van der Waals surface area contributed by atoms with E-state index in [0.29, 0.717) is 77.5 Å². The maximum atomic E-state index is 15.5. The number of carbonyl (C=O) groups is 3. The fraction of sp³-hybridized carbons (Fsp3) is 0.349. The highest BCUT2D eigenvalue weighted by molar-refractivity contribution is 6.05. The third-order valence-corrected chi connectivity index (χ3v) is 11.7. The van der Waals surface area contributed by atoms with Gasteiger partial charge in [-0.15, -0.1) is 5.10 Å². The lowest BCUT2D eigenvalue weighted by Crippen LogP contribution is -2.52. The highest BCUT2D eigenvalue weighted by atomic mass is 19.3. The number of piperidine rings is 2. The number of aryl methyl sites for hydroxylation is 1. The maximum Gasteiger partial charge on any atom is 0.264 e. The van der Waals surface area contributed by atoms with Crippen LogP contribution in [-0.2, 0) is 22.7 Å². The first-order valence-corrected chi connectivity index (χ1v) is 19.1. The van der Waals surface area contributed by atoms with Crippen molar-refractivity contribution < 1.29 is 31.9 Å². The number of aromatic nitrogens is 3. The molecule has 0 saturated carbocycles. The number of nitrogens with zero attached hydrogens (tertiary/aromatic N) is 5. The molecule has 3 aromatic carbocycles. The zero-order chi connectivity index (χ0) is 40.1. The van der Waals surface area contributed by atoms with Crippen molar-refractivity contribution >= 4 is 34.3 Å². The predicted octanol–water partition coefficient (Wildman–Crippen LogP) is 7.84. The number of halogens is 4. The average molecular weight is 780 g/mol. The van der Waals surface area contributed by atoms with Gasteiger partial charge in [0.05, 0.1) is 17.4 Å². The van der Waals surface area contributed by atoms with Crippen molar-refractivity contribution in [2.75, 3.05) is 18.4 Å². The van der Waals surface area contributed by atoms with Crippen LogP contribution in [0.1, 0.15) is 100 Å². The summed E-state index contributed by atoms with van der Waals surface area (Å²) in [6, 6.07) is 13.5. The number of rotatable bonds is 9. The normalized spacial score (nSPS) is 18.4. The van der Waals surface area contributed by atoms with E-state index in [2.05, 4.69) is 25.7 Å². The van der Waals surface area contributed by atoms with Gasteiger partial charge in [0.15, 0.2) is 5.82 Å². The van der Waals surface area contributed by atoms with E-state index in [0.717, 1.165) is 16.3 Å². The van der Waals surface area contributed by atoms with Crippen molar-refractivity contribution in [3.8, 4) is 11.3 Å². The molecule has 3 aliphatic heterocycles. The molecule has 2 fully saturated rings. The van der Waals surface area contributed by atoms with E-state index in [1.54, 1.807) is 37.4 Å². The zero-order valence-electron chi connectivity index (χ0n) is 31.7. The molecule has 294 valence electrons. The molecule has 1 unspecified atom stereocenters. The van der Waals surface area contributed by atoms with Gasteiger partial charge in [0, 0.05) is 58.7 Å². The molecule has 0 aliphatic carbocycles. The topological polar surface area (TPSA) is 120 Å². The minimum atomic E-state index is -2.59. The molecule has 2 N–H and O–H groups in total. The van der Waals surface area contributed by atoms with Crippen molar-refractivity contribution in [1.82, 2.24) is 30.3 Å². The fourth-order valence-electron chi connectivity index (χ4n) is 8.52. The minimum Gasteiger partial charge on any atom is -0.362 e. The number of hydrogen-bond donors (Lipinski definition) is 2. The Morgan fingerprint density at radius 1 is 0.912 bits per heavy atom. The second-order valence-electron chi connectivity index (χ2n) is 15.3. The second kappa shape index (κ2) is 15.3. The zero-order valence-corrected chi connectivity index (χ0v) is 31.7. The van der Waals surface area contributed by atoms with E-state index >= 15 is 8.78 Å². The van der Waals surface area contributed by atoms with Gasteiger partial charge < -0.3 is 10.2 Å². The van der Waals surface area contributed by atoms with Crippen molar-refractivity contribution in [3.63, 3.8) is 0 Å².